The van der Waals surface area contributed by atoms with Crippen molar-refractivity contribution in [2.75, 3.05) is 4.90 Å². The van der Waals surface area contributed by atoms with E-state index in [-0.39, 0.29) is 12.3 Å². The third-order valence-electron chi connectivity index (χ3n) is 6.40. The highest BCUT2D eigenvalue weighted by Crippen LogP contribution is 2.49. The lowest BCUT2D eigenvalue weighted by Gasteiger charge is -2.35. The van der Waals surface area contributed by atoms with Gasteiger partial charge in [0.15, 0.2) is 0 Å². The lowest BCUT2D eigenvalue weighted by Crippen LogP contribution is -2.51. The van der Waals surface area contributed by atoms with Crippen molar-refractivity contribution >= 4 is 52.5 Å². The van der Waals surface area contributed by atoms with Gasteiger partial charge in [-0.2, -0.15) is 0 Å². The Kier molecular flexibility index (Phi) is 5.63. The summed E-state index contributed by atoms with van der Waals surface area (Å²) in [7, 11) is 0. The van der Waals surface area contributed by atoms with E-state index in [1.54, 1.807) is 53.1 Å². The maximum Gasteiger partial charge on any atom is 0.262 e. The number of halogens is 1. The first-order valence-electron chi connectivity index (χ1n) is 11.4. The second kappa shape index (κ2) is 8.97. The summed E-state index contributed by atoms with van der Waals surface area (Å²) in [6.45, 7) is 0. The van der Waals surface area contributed by atoms with E-state index in [1.807, 2.05) is 60.7 Å². The summed E-state index contributed by atoms with van der Waals surface area (Å²) in [6.07, 6.45) is 0.187. The van der Waals surface area contributed by atoms with E-state index in [2.05, 4.69) is 0 Å². The topological polar surface area (TPSA) is 57.7 Å². The van der Waals surface area contributed by atoms with Crippen LogP contribution >= 0.6 is 23.4 Å². The molecular formula is C29H19ClN2O3S. The predicted octanol–water partition coefficient (Wildman–Crippen LogP) is 6.38. The smallest absolute Gasteiger partial charge is 0.262 e. The van der Waals surface area contributed by atoms with E-state index in [4.69, 9.17) is 11.6 Å². The maximum atomic E-state index is 14.5. The van der Waals surface area contributed by atoms with E-state index < -0.39 is 17.9 Å². The average Bonchev–Trinajstić information content (AvgIpc) is 3.16. The van der Waals surface area contributed by atoms with Crippen LogP contribution in [-0.4, -0.2) is 28.7 Å². The Morgan fingerprint density at radius 2 is 1.36 bits per heavy atom. The van der Waals surface area contributed by atoms with E-state index in [0.29, 0.717) is 27.5 Å². The van der Waals surface area contributed by atoms with Gasteiger partial charge in [-0.25, -0.2) is 0 Å². The van der Waals surface area contributed by atoms with Crippen LogP contribution in [0.15, 0.2) is 107 Å². The van der Waals surface area contributed by atoms with Crippen LogP contribution in [0.3, 0.4) is 0 Å². The summed E-state index contributed by atoms with van der Waals surface area (Å²) in [5.74, 6) is -1.30. The summed E-state index contributed by atoms with van der Waals surface area (Å²) >= 11 is 7.90. The molecule has 1 atom stereocenters. The zero-order chi connectivity index (χ0) is 24.8. The fraction of sp³-hybridized carbons (Fsp3) is 0.0690. The number of carbonyl (C=O) groups excluding carboxylic acids is 3. The van der Waals surface area contributed by atoms with Crippen molar-refractivity contribution in [2.45, 2.75) is 22.3 Å². The molecule has 4 aromatic carbocycles. The Labute approximate surface area is 217 Å². The Bertz CT molecular complexity index is 1500. The van der Waals surface area contributed by atoms with Crippen LogP contribution < -0.4 is 4.90 Å². The largest absolute Gasteiger partial charge is 0.277 e. The number of rotatable bonds is 4. The first kappa shape index (κ1) is 22.6. The molecule has 0 unspecified atom stereocenters. The zero-order valence-electron chi connectivity index (χ0n) is 18.9. The van der Waals surface area contributed by atoms with Gasteiger partial charge in [0.2, 0.25) is 0 Å². The van der Waals surface area contributed by atoms with E-state index >= 15 is 0 Å². The van der Waals surface area contributed by atoms with Gasteiger partial charge in [0.05, 0.1) is 22.5 Å². The fourth-order valence-corrected chi connectivity index (χ4v) is 5.94. The van der Waals surface area contributed by atoms with Crippen molar-refractivity contribution in [1.82, 2.24) is 4.90 Å². The van der Waals surface area contributed by atoms with Crippen molar-refractivity contribution < 1.29 is 14.4 Å². The number of anilines is 2. The molecule has 0 saturated heterocycles. The monoisotopic (exact) mass is 510 g/mol. The predicted molar refractivity (Wildman–Crippen MR) is 140 cm³/mol. The van der Waals surface area contributed by atoms with Gasteiger partial charge in [0, 0.05) is 21.2 Å². The molecule has 2 aliphatic rings. The molecule has 5 nitrogen and oxygen atoms in total. The summed E-state index contributed by atoms with van der Waals surface area (Å²) in [6, 6.07) is 28.1. The Hall–Kier alpha value is -3.87. The molecule has 0 aliphatic carbocycles. The third-order valence-corrected chi connectivity index (χ3v) is 7.77. The quantitative estimate of drug-likeness (QED) is 0.299. The van der Waals surface area contributed by atoms with Gasteiger partial charge >= 0.3 is 0 Å². The van der Waals surface area contributed by atoms with E-state index in [0.717, 1.165) is 20.3 Å². The molecule has 0 spiro atoms. The molecule has 3 amide bonds. The maximum absolute atomic E-state index is 14.5. The summed E-state index contributed by atoms with van der Waals surface area (Å²) < 4.78 is 0. The lowest BCUT2D eigenvalue weighted by molar-refractivity contribution is -0.121. The van der Waals surface area contributed by atoms with Crippen molar-refractivity contribution in [3.05, 3.63) is 119 Å². The van der Waals surface area contributed by atoms with Gasteiger partial charge in [-0.1, -0.05) is 78.0 Å². The Morgan fingerprint density at radius 1 is 0.750 bits per heavy atom. The number of para-hydroxylation sites is 1. The van der Waals surface area contributed by atoms with Crippen LogP contribution in [0.25, 0.3) is 0 Å². The molecule has 2 heterocycles. The molecular weight excluding hydrogens is 492 g/mol. The summed E-state index contributed by atoms with van der Waals surface area (Å²) in [5.41, 5.74) is 2.79. The summed E-state index contributed by atoms with van der Waals surface area (Å²) in [4.78, 5) is 45.9. The molecule has 0 aromatic heterocycles. The second-order valence-corrected chi connectivity index (χ2v) is 10.1. The molecule has 4 aromatic rings. The van der Waals surface area contributed by atoms with Crippen molar-refractivity contribution in [3.63, 3.8) is 0 Å². The first-order valence-corrected chi connectivity index (χ1v) is 12.6. The number of amides is 3. The van der Waals surface area contributed by atoms with Crippen molar-refractivity contribution in [3.8, 4) is 0 Å². The highest BCUT2D eigenvalue weighted by Gasteiger charge is 2.45. The minimum absolute atomic E-state index is 0.187. The van der Waals surface area contributed by atoms with Crippen LogP contribution in [0.4, 0.5) is 11.4 Å². The number of imide groups is 1. The Morgan fingerprint density at radius 3 is 2.08 bits per heavy atom. The normalized spacial score (nSPS) is 14.8. The number of hydrogen-bond donors (Lipinski definition) is 0. The molecule has 176 valence electrons. The van der Waals surface area contributed by atoms with Crippen LogP contribution in [0.2, 0.25) is 5.02 Å². The van der Waals surface area contributed by atoms with Gasteiger partial charge in [0.1, 0.15) is 6.04 Å². The standard InChI is InChI=1S/C29H19ClN2O3S/c30-19-14-15-26-23(17-19)31(22-12-6-7-13-25(22)36-26)29(35)24(16-18-8-2-1-3-9-18)32-27(33)20-10-4-5-11-21(20)28(32)34/h1-15,17,24H,16H2/t24-/m1/s1. The average molecular weight is 511 g/mol. The van der Waals surface area contributed by atoms with Gasteiger partial charge in [-0.3, -0.25) is 24.2 Å². The molecule has 0 N–H and O–H groups in total. The minimum Gasteiger partial charge on any atom is -0.277 e. The number of fused-ring (bicyclic) bond motifs is 3. The van der Waals surface area contributed by atoms with Gasteiger partial charge in [-0.15, -0.1) is 0 Å². The first-order chi connectivity index (χ1) is 17.5. The molecule has 36 heavy (non-hydrogen) atoms. The van der Waals surface area contributed by atoms with Crippen molar-refractivity contribution in [2.24, 2.45) is 0 Å². The molecule has 0 fully saturated rings. The molecule has 6 rings (SSSR count). The van der Waals surface area contributed by atoms with Crippen LogP contribution in [0.5, 0.6) is 0 Å². The second-order valence-electron chi connectivity index (χ2n) is 8.59. The van der Waals surface area contributed by atoms with Gasteiger partial charge in [-0.05, 0) is 48.0 Å². The minimum atomic E-state index is -1.05. The Balaban J connectivity index is 1.50. The number of nitrogens with zero attached hydrogens (tertiary/aromatic N) is 2. The number of hydrogen-bond acceptors (Lipinski definition) is 4. The third kappa shape index (κ3) is 3.70. The molecule has 0 radical (unpaired) electrons. The number of benzene rings is 4. The van der Waals surface area contributed by atoms with Crippen LogP contribution in [0, 0.1) is 0 Å². The highest BCUT2D eigenvalue weighted by molar-refractivity contribution is 7.99. The summed E-state index contributed by atoms with van der Waals surface area (Å²) in [5, 5.41) is 0.492. The fourth-order valence-electron chi connectivity index (χ4n) is 4.73. The van der Waals surface area contributed by atoms with Gasteiger partial charge in [0.25, 0.3) is 17.7 Å². The molecule has 2 aliphatic heterocycles. The van der Waals surface area contributed by atoms with E-state index in [9.17, 15) is 14.4 Å². The van der Waals surface area contributed by atoms with E-state index in [1.165, 1.54) is 0 Å². The zero-order valence-corrected chi connectivity index (χ0v) is 20.5. The van der Waals surface area contributed by atoms with Crippen LogP contribution in [-0.2, 0) is 11.2 Å². The number of carbonyl (C=O) groups is 3. The molecule has 7 heteroatoms. The highest BCUT2D eigenvalue weighted by atomic mass is 35.5. The van der Waals surface area contributed by atoms with Crippen molar-refractivity contribution in [1.29, 1.82) is 0 Å². The lowest BCUT2D eigenvalue weighted by atomic mass is 10.0. The van der Waals surface area contributed by atoms with Gasteiger partial charge < -0.3 is 0 Å². The molecule has 0 bridgehead atoms. The SMILES string of the molecule is O=C([C@@H](Cc1ccccc1)N1C(=O)c2ccccc2C1=O)N1c2ccccc2Sc2ccc(Cl)cc21. The van der Waals surface area contributed by atoms with Crippen LogP contribution in [0.1, 0.15) is 26.3 Å². The molecule has 0 saturated carbocycles.